The molecule has 0 saturated carbocycles. The molecule has 0 radical (unpaired) electrons. The summed E-state index contributed by atoms with van der Waals surface area (Å²) in [6, 6.07) is 7.10. The first-order valence-corrected chi connectivity index (χ1v) is 3.96. The molecule has 13 heavy (non-hydrogen) atoms. The van der Waals surface area contributed by atoms with Gasteiger partial charge in [0.15, 0.2) is 0 Å². The Hall–Kier alpha value is -1.42. The van der Waals surface area contributed by atoms with Gasteiger partial charge < -0.3 is 5.11 Å². The minimum Gasteiger partial charge on any atom is -0.382 e. The summed E-state index contributed by atoms with van der Waals surface area (Å²) in [4.78, 5) is 9.62. The first-order valence-electron chi connectivity index (χ1n) is 3.96. The van der Waals surface area contributed by atoms with Gasteiger partial charge in [-0.15, -0.1) is 0 Å². The lowest BCUT2D eigenvalue weighted by Gasteiger charge is -2.08. The fourth-order valence-electron chi connectivity index (χ4n) is 1.20. The summed E-state index contributed by atoms with van der Waals surface area (Å²) < 4.78 is 0. The normalized spacial score (nSPS) is 12.5. The largest absolute Gasteiger partial charge is 0.382 e. The molecular formula is C9H11NO3. The van der Waals surface area contributed by atoms with E-state index in [0.717, 1.165) is 5.56 Å². The maximum atomic E-state index is 10.1. The number of rotatable bonds is 3. The van der Waals surface area contributed by atoms with Gasteiger partial charge in [-0.1, -0.05) is 24.3 Å². The summed E-state index contributed by atoms with van der Waals surface area (Å²) in [5, 5.41) is 19.6. The van der Waals surface area contributed by atoms with Crippen molar-refractivity contribution in [2.24, 2.45) is 0 Å². The lowest BCUT2D eigenvalue weighted by Crippen LogP contribution is -2.12. The van der Waals surface area contributed by atoms with Crippen molar-refractivity contribution in [1.82, 2.24) is 0 Å². The van der Waals surface area contributed by atoms with E-state index in [-0.39, 0.29) is 0 Å². The Kier molecular flexibility index (Phi) is 2.97. The highest BCUT2D eigenvalue weighted by Gasteiger charge is 2.15. The summed E-state index contributed by atoms with van der Waals surface area (Å²) in [5.41, 5.74) is 1.50. The minimum absolute atomic E-state index is 0.440. The maximum absolute atomic E-state index is 10.1. The highest BCUT2D eigenvalue weighted by molar-refractivity contribution is 5.27. The number of aliphatic hydroxyl groups is 1. The van der Waals surface area contributed by atoms with Crippen molar-refractivity contribution in [3.63, 3.8) is 0 Å². The van der Waals surface area contributed by atoms with Crippen LogP contribution in [-0.2, 0) is 0 Å². The van der Waals surface area contributed by atoms with E-state index in [1.54, 1.807) is 12.1 Å². The topological polar surface area (TPSA) is 63.4 Å². The Morgan fingerprint density at radius 2 is 2.15 bits per heavy atom. The highest BCUT2D eigenvalue weighted by atomic mass is 16.6. The van der Waals surface area contributed by atoms with Crippen LogP contribution in [0.25, 0.3) is 0 Å². The van der Waals surface area contributed by atoms with Gasteiger partial charge in [0, 0.05) is 4.92 Å². The second-order valence-corrected chi connectivity index (χ2v) is 2.89. The van der Waals surface area contributed by atoms with Crippen molar-refractivity contribution >= 4 is 0 Å². The van der Waals surface area contributed by atoms with Crippen molar-refractivity contribution in [2.45, 2.75) is 13.0 Å². The number of nitro groups is 1. The highest BCUT2D eigenvalue weighted by Crippen LogP contribution is 2.16. The third-order valence-electron chi connectivity index (χ3n) is 1.87. The lowest BCUT2D eigenvalue weighted by molar-refractivity contribution is -0.491. The van der Waals surface area contributed by atoms with Crippen molar-refractivity contribution in [2.75, 3.05) is 6.54 Å². The molecule has 1 unspecified atom stereocenters. The summed E-state index contributed by atoms with van der Waals surface area (Å²) in [5.74, 6) is 0. The van der Waals surface area contributed by atoms with Gasteiger partial charge >= 0.3 is 0 Å². The Morgan fingerprint density at radius 3 is 2.69 bits per heavy atom. The molecule has 4 heteroatoms. The zero-order valence-electron chi connectivity index (χ0n) is 7.30. The van der Waals surface area contributed by atoms with E-state index in [2.05, 4.69) is 0 Å². The number of hydrogen-bond donors (Lipinski definition) is 1. The maximum Gasteiger partial charge on any atom is 0.233 e. The Morgan fingerprint density at radius 1 is 1.54 bits per heavy atom. The zero-order valence-corrected chi connectivity index (χ0v) is 7.30. The van der Waals surface area contributed by atoms with Crippen LogP contribution in [-0.4, -0.2) is 16.6 Å². The summed E-state index contributed by atoms with van der Waals surface area (Å²) in [6.45, 7) is 1.38. The number of nitrogens with zero attached hydrogens (tertiary/aromatic N) is 1. The molecule has 0 amide bonds. The fraction of sp³-hybridized carbons (Fsp3) is 0.333. The van der Waals surface area contributed by atoms with E-state index >= 15 is 0 Å². The molecule has 0 saturated heterocycles. The molecule has 0 spiro atoms. The Labute approximate surface area is 76.0 Å². The number of aryl methyl sites for hydroxylation is 1. The molecule has 1 atom stereocenters. The minimum atomic E-state index is -1.00. The van der Waals surface area contributed by atoms with Gasteiger partial charge in [0.05, 0.1) is 0 Å². The van der Waals surface area contributed by atoms with Crippen LogP contribution in [0.2, 0.25) is 0 Å². The molecule has 0 heterocycles. The third-order valence-corrected chi connectivity index (χ3v) is 1.87. The van der Waals surface area contributed by atoms with Crippen LogP contribution < -0.4 is 0 Å². The predicted octanol–water partition coefficient (Wildman–Crippen LogP) is 1.31. The Bertz CT molecular complexity index is 311. The number of aliphatic hydroxyl groups excluding tert-OH is 1. The third kappa shape index (κ3) is 2.52. The first-order chi connectivity index (χ1) is 6.11. The van der Waals surface area contributed by atoms with Crippen LogP contribution in [0, 0.1) is 17.0 Å². The molecule has 0 aliphatic carbocycles. The molecule has 0 bridgehead atoms. The number of benzene rings is 1. The molecular weight excluding hydrogens is 170 g/mol. The van der Waals surface area contributed by atoms with Crippen LogP contribution in [0.3, 0.4) is 0 Å². The van der Waals surface area contributed by atoms with Crippen LogP contribution >= 0.6 is 0 Å². The molecule has 0 fully saturated rings. The van der Waals surface area contributed by atoms with Crippen LogP contribution in [0.15, 0.2) is 24.3 Å². The summed E-state index contributed by atoms with van der Waals surface area (Å²) in [6.07, 6.45) is -1.00. The SMILES string of the molecule is Cc1ccccc1C(O)C[N+](=O)[O-]. The van der Waals surface area contributed by atoms with E-state index in [4.69, 9.17) is 0 Å². The molecule has 0 aliphatic rings. The second-order valence-electron chi connectivity index (χ2n) is 2.89. The zero-order chi connectivity index (χ0) is 9.84. The van der Waals surface area contributed by atoms with Crippen molar-refractivity contribution in [3.8, 4) is 0 Å². The van der Waals surface area contributed by atoms with Crippen LogP contribution in [0.1, 0.15) is 17.2 Å². The van der Waals surface area contributed by atoms with Gasteiger partial charge in [0.2, 0.25) is 6.54 Å². The van der Waals surface area contributed by atoms with Crippen molar-refractivity contribution < 1.29 is 10.0 Å². The van der Waals surface area contributed by atoms with Crippen molar-refractivity contribution in [1.29, 1.82) is 0 Å². The quantitative estimate of drug-likeness (QED) is 0.564. The van der Waals surface area contributed by atoms with E-state index in [9.17, 15) is 15.2 Å². The Balaban J connectivity index is 2.82. The molecule has 1 aromatic rings. The molecule has 1 N–H and O–H groups in total. The van der Waals surface area contributed by atoms with Gasteiger partial charge in [0.1, 0.15) is 6.10 Å². The monoisotopic (exact) mass is 181 g/mol. The van der Waals surface area contributed by atoms with Gasteiger partial charge in [-0.3, -0.25) is 10.1 Å². The molecule has 1 aromatic carbocycles. The summed E-state index contributed by atoms with van der Waals surface area (Å²) in [7, 11) is 0. The van der Waals surface area contributed by atoms with Gasteiger partial charge in [-0.2, -0.15) is 0 Å². The van der Waals surface area contributed by atoms with E-state index in [1.807, 2.05) is 19.1 Å². The molecule has 4 nitrogen and oxygen atoms in total. The van der Waals surface area contributed by atoms with Crippen LogP contribution in [0.5, 0.6) is 0 Å². The smallest absolute Gasteiger partial charge is 0.233 e. The van der Waals surface area contributed by atoms with Gasteiger partial charge in [-0.05, 0) is 18.1 Å². The summed E-state index contributed by atoms with van der Waals surface area (Å²) >= 11 is 0. The fourth-order valence-corrected chi connectivity index (χ4v) is 1.20. The molecule has 0 aromatic heterocycles. The van der Waals surface area contributed by atoms with Crippen molar-refractivity contribution in [3.05, 3.63) is 45.5 Å². The van der Waals surface area contributed by atoms with E-state index in [0.29, 0.717) is 5.56 Å². The number of hydrogen-bond acceptors (Lipinski definition) is 3. The standard InChI is InChI=1S/C9H11NO3/c1-7-4-2-3-5-8(7)9(11)6-10(12)13/h2-5,9,11H,6H2,1H3. The second kappa shape index (κ2) is 4.00. The van der Waals surface area contributed by atoms with Gasteiger partial charge in [0.25, 0.3) is 0 Å². The predicted molar refractivity (Wildman–Crippen MR) is 48.0 cm³/mol. The molecule has 1 rings (SSSR count). The average molecular weight is 181 g/mol. The van der Waals surface area contributed by atoms with Gasteiger partial charge in [-0.25, -0.2) is 0 Å². The van der Waals surface area contributed by atoms with Crippen LogP contribution in [0.4, 0.5) is 0 Å². The lowest BCUT2D eigenvalue weighted by atomic mass is 10.0. The van der Waals surface area contributed by atoms with E-state index < -0.39 is 17.6 Å². The molecule has 0 aliphatic heterocycles. The van der Waals surface area contributed by atoms with E-state index in [1.165, 1.54) is 0 Å². The average Bonchev–Trinajstić information content (AvgIpc) is 2.03. The first kappa shape index (κ1) is 9.67. The molecule has 70 valence electrons.